The van der Waals surface area contributed by atoms with Crippen molar-refractivity contribution in [1.29, 1.82) is 0 Å². The van der Waals surface area contributed by atoms with Crippen LogP contribution in [-0.4, -0.2) is 57.7 Å². The second-order valence-corrected chi connectivity index (χ2v) is 19.1. The number of fused-ring (bicyclic) bond motifs is 7. The first-order chi connectivity index (χ1) is 28.7. The molecule has 1 aliphatic heterocycles. The molecule has 1 heterocycles. The lowest BCUT2D eigenvalue weighted by molar-refractivity contribution is -0.179. The summed E-state index contributed by atoms with van der Waals surface area (Å²) in [6, 6.07) is 4.46. The highest BCUT2D eigenvalue weighted by Crippen LogP contribution is 2.73. The minimum atomic E-state index is -1.08. The molecule has 60 heavy (non-hydrogen) atoms. The molecule has 3 N–H and O–H groups in total. The first-order valence-electron chi connectivity index (χ1n) is 21.6. The monoisotopic (exact) mass is 845 g/mol. The van der Waals surface area contributed by atoms with Crippen molar-refractivity contribution in [3.8, 4) is 51.4 Å². The van der Waals surface area contributed by atoms with Crippen molar-refractivity contribution in [3.05, 3.63) is 53.9 Å². The van der Waals surface area contributed by atoms with Gasteiger partial charge in [-0.3, -0.25) is 9.00 Å². The molecule has 0 spiro atoms. The predicted molar refractivity (Wildman–Crippen MR) is 253 cm³/mol. The lowest BCUT2D eigenvalue weighted by atomic mass is 9.36. The molecule has 0 bridgehead atoms. The van der Waals surface area contributed by atoms with Crippen LogP contribution in [0.2, 0.25) is 0 Å². The van der Waals surface area contributed by atoms with Crippen molar-refractivity contribution in [2.24, 2.45) is 57.0 Å². The smallest absolute Gasteiger partial charge is 0.335 e. The topological polar surface area (TPSA) is 101 Å². The Morgan fingerprint density at radius 1 is 0.900 bits per heavy atom. The van der Waals surface area contributed by atoms with Gasteiger partial charge in [-0.1, -0.05) is 66.2 Å². The Hall–Kier alpha value is -4.08. The average Bonchev–Trinajstić information content (AvgIpc) is 3.70. The van der Waals surface area contributed by atoms with Crippen LogP contribution >= 0.6 is 0 Å². The van der Waals surface area contributed by atoms with E-state index in [4.69, 9.17) is 4.79 Å². The second kappa shape index (κ2) is 26.3. The Morgan fingerprint density at radius 2 is 1.47 bits per heavy atom. The number of carboxylic acid groups (broad SMARTS) is 1. The fraction of sp³-hybridized carbons (Fsp3) is 0.615. The van der Waals surface area contributed by atoms with Gasteiger partial charge in [-0.2, -0.15) is 0 Å². The van der Waals surface area contributed by atoms with Gasteiger partial charge in [0.05, 0.1) is 5.56 Å². The molecule has 0 aromatic heterocycles. The number of hydrogen-bond donors (Lipinski definition) is 2. The standard InChI is InChI=1S/C38H54FNO3S.C3H6.C2H6.4C2H2.CH3NO/c1-35(2)28(27-8-7-25(34(41)42)24-31(27)39)11-15-37(4)32(35)13-16-36(3)29-12-17-38(18-19-40-20-22-44(43)23-21-40)14-5-6-30(38)26(29)9-10-33(36)37;1-3-2;5*1-2;2-1-3/h7-8,11,24,26,29-30,32-33H,5-6,9-10,12-23H2,1-4H3,(H,41,42);3H,1H2,2H3;1-2H3;4*1-2H;1H,(H2,2,3)/t26-,29?,30?,32?,33?,36-,37-,38?;;;;;;;/m0......./s1. The van der Waals surface area contributed by atoms with Crippen LogP contribution in [0, 0.1) is 108 Å². The summed E-state index contributed by atoms with van der Waals surface area (Å²) in [5.41, 5.74) is 6.76. The number of allylic oxidation sites excluding steroid dienone is 3. The van der Waals surface area contributed by atoms with Gasteiger partial charge in [-0.15, -0.1) is 58.0 Å². The number of benzene rings is 1. The molecule has 6 aliphatic rings. The van der Waals surface area contributed by atoms with Crippen LogP contribution in [-0.2, 0) is 15.6 Å². The lowest BCUT2D eigenvalue weighted by Crippen LogP contribution is -2.61. The number of carboxylic acids is 1. The number of halogens is 1. The molecule has 1 saturated heterocycles. The van der Waals surface area contributed by atoms with Gasteiger partial charge in [0.25, 0.3) is 0 Å². The zero-order valence-electron chi connectivity index (χ0n) is 38.0. The summed E-state index contributed by atoms with van der Waals surface area (Å²) in [7, 11) is -0.599. The third kappa shape index (κ3) is 11.8. The van der Waals surface area contributed by atoms with Crippen molar-refractivity contribution < 1.29 is 23.3 Å². The van der Waals surface area contributed by atoms with Gasteiger partial charge in [0, 0.05) is 41.0 Å². The van der Waals surface area contributed by atoms with Gasteiger partial charge in [0.2, 0.25) is 6.41 Å². The van der Waals surface area contributed by atoms with E-state index in [1.54, 1.807) is 18.2 Å². The predicted octanol–water partition coefficient (Wildman–Crippen LogP) is 10.8. The molecule has 1 aromatic rings. The van der Waals surface area contributed by atoms with E-state index in [1.165, 1.54) is 76.8 Å². The number of amides is 1. The SMILES string of the molecule is C#C.C#C.C#C.C#C.C=CC.CC.CC1(C)C(c2ccc(C(=O)O)cc2F)=CC[C@@]2(C)C1CC[C@@]1(C)C3CCC4(CCN5CCS(=O)CC5)CCCC4[C@H]3CCC12.NC=O. The van der Waals surface area contributed by atoms with Crippen LogP contribution in [0.4, 0.5) is 4.39 Å². The van der Waals surface area contributed by atoms with Gasteiger partial charge in [0.1, 0.15) is 5.82 Å². The highest BCUT2D eigenvalue weighted by molar-refractivity contribution is 7.85. The number of hydrogen-bond acceptors (Lipinski definition) is 4. The molecule has 5 unspecified atom stereocenters. The van der Waals surface area contributed by atoms with Crippen LogP contribution in [0.5, 0.6) is 0 Å². The summed E-state index contributed by atoms with van der Waals surface area (Å²) in [5.74, 6) is 3.97. The maximum absolute atomic E-state index is 15.4. The maximum Gasteiger partial charge on any atom is 0.335 e. The van der Waals surface area contributed by atoms with Gasteiger partial charge in [-0.05, 0) is 147 Å². The number of carbonyl (C=O) groups is 2. The summed E-state index contributed by atoms with van der Waals surface area (Å²) in [6.07, 6.45) is 50.9. The summed E-state index contributed by atoms with van der Waals surface area (Å²) in [4.78, 5) is 22.6. The number of primary amides is 1. The fourth-order valence-electron chi connectivity index (χ4n) is 13.0. The summed E-state index contributed by atoms with van der Waals surface area (Å²) >= 11 is 0. The zero-order chi connectivity index (χ0) is 46.5. The highest BCUT2D eigenvalue weighted by Gasteiger charge is 2.65. The van der Waals surface area contributed by atoms with Crippen LogP contribution in [0.25, 0.3) is 5.57 Å². The number of nitrogens with zero attached hydrogens (tertiary/aromatic N) is 1. The molecular weight excluding hydrogens is 768 g/mol. The molecule has 1 amide bonds. The maximum atomic E-state index is 15.4. The van der Waals surface area contributed by atoms with Crippen molar-refractivity contribution in [3.63, 3.8) is 0 Å². The Kier molecular flexibility index (Phi) is 24.5. The van der Waals surface area contributed by atoms with E-state index in [1.807, 2.05) is 20.8 Å². The second-order valence-electron chi connectivity index (χ2n) is 17.4. The Balaban J connectivity index is 0.00000194. The summed E-state index contributed by atoms with van der Waals surface area (Å²) < 4.78 is 27.3. The van der Waals surface area contributed by atoms with Crippen molar-refractivity contribution in [1.82, 2.24) is 4.90 Å². The third-order valence-corrected chi connectivity index (χ3v) is 16.2. The number of aromatic carboxylic acids is 1. The fourth-order valence-corrected chi connectivity index (χ4v) is 14.1. The minimum Gasteiger partial charge on any atom is -0.478 e. The van der Waals surface area contributed by atoms with E-state index in [-0.39, 0.29) is 22.8 Å². The number of nitrogens with two attached hydrogens (primary N) is 1. The van der Waals surface area contributed by atoms with Gasteiger partial charge < -0.3 is 15.7 Å². The number of rotatable bonds is 5. The summed E-state index contributed by atoms with van der Waals surface area (Å²) in [5, 5.41) is 9.38. The molecule has 6 nitrogen and oxygen atoms in total. The van der Waals surface area contributed by atoms with E-state index in [2.05, 4.69) is 102 Å². The molecule has 5 fully saturated rings. The van der Waals surface area contributed by atoms with Crippen molar-refractivity contribution in [2.75, 3.05) is 31.1 Å². The normalized spacial score (nSPS) is 31.5. The molecule has 4 saturated carbocycles. The lowest BCUT2D eigenvalue weighted by Gasteiger charge is -2.68. The third-order valence-electron chi connectivity index (χ3n) is 15.0. The van der Waals surface area contributed by atoms with Crippen LogP contribution < -0.4 is 5.73 Å². The number of carbonyl (C=O) groups excluding carboxylic acids is 1. The molecule has 7 rings (SSSR count). The van der Waals surface area contributed by atoms with Crippen LogP contribution in [0.1, 0.15) is 135 Å². The van der Waals surface area contributed by atoms with Crippen molar-refractivity contribution in [2.45, 2.75) is 119 Å². The molecular formula is C52H77FN2O4S. The molecule has 1 aromatic carbocycles. The Bertz CT molecular complexity index is 1620. The van der Waals surface area contributed by atoms with Gasteiger partial charge in [0.15, 0.2) is 0 Å². The number of terminal acetylenes is 4. The first kappa shape index (κ1) is 55.9. The van der Waals surface area contributed by atoms with E-state index in [0.717, 1.165) is 54.3 Å². The molecule has 8 heteroatoms. The molecule has 5 aliphatic carbocycles. The van der Waals surface area contributed by atoms with Crippen LogP contribution in [0.15, 0.2) is 36.9 Å². The molecule has 0 radical (unpaired) electrons. The quantitative estimate of drug-likeness (QED) is 0.175. The van der Waals surface area contributed by atoms with Gasteiger partial charge >= 0.3 is 5.97 Å². The van der Waals surface area contributed by atoms with E-state index < -0.39 is 22.6 Å². The Labute approximate surface area is 368 Å². The summed E-state index contributed by atoms with van der Waals surface area (Å²) in [6.45, 7) is 22.4. The van der Waals surface area contributed by atoms with E-state index in [0.29, 0.717) is 28.2 Å². The zero-order valence-corrected chi connectivity index (χ0v) is 38.8. The van der Waals surface area contributed by atoms with Gasteiger partial charge in [-0.25, -0.2) is 9.18 Å². The minimum absolute atomic E-state index is 0.0124. The largest absolute Gasteiger partial charge is 0.478 e. The Morgan fingerprint density at radius 3 is 2.00 bits per heavy atom. The van der Waals surface area contributed by atoms with E-state index in [9.17, 15) is 14.1 Å². The molecule has 8 atom stereocenters. The van der Waals surface area contributed by atoms with Crippen LogP contribution in [0.3, 0.4) is 0 Å². The van der Waals surface area contributed by atoms with E-state index >= 15 is 4.39 Å². The molecule has 332 valence electrons. The average molecular weight is 845 g/mol. The highest BCUT2D eigenvalue weighted by atomic mass is 32.2. The first-order valence-corrected chi connectivity index (χ1v) is 23.1. The van der Waals surface area contributed by atoms with Crippen molar-refractivity contribution >= 4 is 28.8 Å².